The van der Waals surface area contributed by atoms with Crippen molar-refractivity contribution in [2.75, 3.05) is 11.9 Å². The number of hydrogen-bond acceptors (Lipinski definition) is 3. The molecule has 17 heavy (non-hydrogen) atoms. The van der Waals surface area contributed by atoms with E-state index in [0.29, 0.717) is 6.17 Å². The van der Waals surface area contributed by atoms with E-state index in [4.69, 9.17) is 0 Å². The minimum Gasteiger partial charge on any atom is -0.356 e. The fourth-order valence-corrected chi connectivity index (χ4v) is 4.16. The minimum absolute atomic E-state index is 0.515. The lowest BCUT2D eigenvalue weighted by Crippen LogP contribution is -2.34. The number of anilines is 1. The quantitative estimate of drug-likeness (QED) is 0.698. The van der Waals surface area contributed by atoms with Gasteiger partial charge in [-0.05, 0) is 23.9 Å². The number of benzene rings is 1. The molecule has 0 radical (unpaired) electrons. The van der Waals surface area contributed by atoms with Crippen LogP contribution in [0.1, 0.15) is 12.5 Å². The van der Waals surface area contributed by atoms with Crippen molar-refractivity contribution in [2.45, 2.75) is 19.5 Å². The second kappa shape index (κ2) is 3.05. The molecule has 2 aliphatic heterocycles. The summed E-state index contributed by atoms with van der Waals surface area (Å²) in [5, 5.41) is 2.89. The molecule has 0 saturated carbocycles. The molecule has 2 nitrogen and oxygen atoms in total. The normalized spacial score (nSPS) is 22.0. The Labute approximate surface area is 105 Å². The molecule has 0 bridgehead atoms. The third-order valence-electron chi connectivity index (χ3n) is 3.95. The van der Waals surface area contributed by atoms with Gasteiger partial charge >= 0.3 is 0 Å². The topological polar surface area (TPSA) is 6.48 Å². The van der Waals surface area contributed by atoms with Crippen LogP contribution in [0.2, 0.25) is 0 Å². The lowest BCUT2D eigenvalue weighted by atomic mass is 10.1. The van der Waals surface area contributed by atoms with Crippen molar-refractivity contribution in [1.82, 2.24) is 4.90 Å². The largest absolute Gasteiger partial charge is 0.356 e. The van der Waals surface area contributed by atoms with Crippen molar-refractivity contribution in [3.05, 3.63) is 41.7 Å². The molecule has 0 fully saturated rings. The summed E-state index contributed by atoms with van der Waals surface area (Å²) in [6.07, 6.45) is 3.94. The molecule has 86 valence electrons. The van der Waals surface area contributed by atoms with Crippen molar-refractivity contribution in [3.8, 4) is 0 Å². The Bertz CT molecular complexity index is 641. The van der Waals surface area contributed by atoms with Crippen LogP contribution >= 0.6 is 11.3 Å². The Balaban J connectivity index is 1.94. The van der Waals surface area contributed by atoms with Crippen LogP contribution in [0.3, 0.4) is 0 Å². The van der Waals surface area contributed by atoms with Crippen LogP contribution in [0.15, 0.2) is 36.2 Å². The Kier molecular flexibility index (Phi) is 1.71. The smallest absolute Gasteiger partial charge is 0.110 e. The fraction of sp³-hybridized carbons (Fsp3) is 0.286. The number of likely N-dealkylation sites (N-methyl/N-ethyl adjacent to an activating group) is 1. The lowest BCUT2D eigenvalue weighted by molar-refractivity contribution is 0.345. The van der Waals surface area contributed by atoms with Gasteiger partial charge in [0.05, 0.1) is 0 Å². The summed E-state index contributed by atoms with van der Waals surface area (Å²) in [5.74, 6) is 0. The van der Waals surface area contributed by atoms with Gasteiger partial charge in [-0.25, -0.2) is 0 Å². The first-order chi connectivity index (χ1) is 8.25. The lowest BCUT2D eigenvalue weighted by Gasteiger charge is -2.24. The van der Waals surface area contributed by atoms with Crippen LogP contribution < -0.4 is 4.90 Å². The molecule has 0 N–H and O–H groups in total. The molecular weight excluding hydrogens is 228 g/mol. The van der Waals surface area contributed by atoms with Gasteiger partial charge in [0, 0.05) is 30.1 Å². The van der Waals surface area contributed by atoms with Gasteiger partial charge in [0.15, 0.2) is 0 Å². The average molecular weight is 242 g/mol. The van der Waals surface area contributed by atoms with Crippen LogP contribution in [-0.4, -0.2) is 18.1 Å². The molecule has 0 aliphatic carbocycles. The van der Waals surface area contributed by atoms with E-state index in [-0.39, 0.29) is 0 Å². The Morgan fingerprint density at radius 1 is 1.29 bits per heavy atom. The van der Waals surface area contributed by atoms with Gasteiger partial charge in [-0.2, -0.15) is 0 Å². The first-order valence-corrected chi connectivity index (χ1v) is 6.77. The van der Waals surface area contributed by atoms with Gasteiger partial charge in [-0.1, -0.05) is 18.2 Å². The van der Waals surface area contributed by atoms with Crippen molar-refractivity contribution >= 4 is 26.4 Å². The van der Waals surface area contributed by atoms with E-state index in [2.05, 4.69) is 54.2 Å². The van der Waals surface area contributed by atoms with E-state index in [1.807, 2.05) is 11.3 Å². The molecule has 0 saturated heterocycles. The predicted molar refractivity (Wildman–Crippen MR) is 73.3 cm³/mol. The standard InChI is InChI=1S/C14H14N2S/c1-9-8-16-13(15(9)2)7-11-10-5-3-4-6-12(10)17-14(11)16/h3-6,8,13H,7H2,1-2H3. The summed E-state index contributed by atoms with van der Waals surface area (Å²) in [7, 11) is 2.19. The maximum absolute atomic E-state index is 2.44. The molecule has 3 heterocycles. The van der Waals surface area contributed by atoms with Gasteiger partial charge in [0.2, 0.25) is 0 Å². The molecule has 0 spiro atoms. The molecular formula is C14H14N2S. The molecule has 1 unspecified atom stereocenters. The van der Waals surface area contributed by atoms with E-state index < -0.39 is 0 Å². The number of nitrogens with zero attached hydrogens (tertiary/aromatic N) is 2. The molecule has 3 heteroatoms. The van der Waals surface area contributed by atoms with Crippen LogP contribution in [0.25, 0.3) is 10.1 Å². The maximum Gasteiger partial charge on any atom is 0.110 e. The van der Waals surface area contributed by atoms with Crippen molar-refractivity contribution in [2.24, 2.45) is 0 Å². The third-order valence-corrected chi connectivity index (χ3v) is 5.18. The van der Waals surface area contributed by atoms with Crippen LogP contribution in [0.5, 0.6) is 0 Å². The van der Waals surface area contributed by atoms with Gasteiger partial charge in [0.1, 0.15) is 11.2 Å². The highest BCUT2D eigenvalue weighted by molar-refractivity contribution is 7.23. The predicted octanol–water partition coefficient (Wildman–Crippen LogP) is 3.40. The minimum atomic E-state index is 0.515. The summed E-state index contributed by atoms with van der Waals surface area (Å²) in [6.45, 7) is 2.19. The summed E-state index contributed by atoms with van der Waals surface area (Å²) < 4.78 is 1.41. The Hall–Kier alpha value is -1.48. The zero-order valence-electron chi connectivity index (χ0n) is 9.97. The monoisotopic (exact) mass is 242 g/mol. The van der Waals surface area contributed by atoms with Gasteiger partial charge < -0.3 is 9.80 Å². The van der Waals surface area contributed by atoms with Gasteiger partial charge in [-0.3, -0.25) is 0 Å². The Morgan fingerprint density at radius 3 is 3.00 bits per heavy atom. The van der Waals surface area contributed by atoms with Gasteiger partial charge in [-0.15, -0.1) is 11.3 Å². The molecule has 2 aliphatic rings. The highest BCUT2D eigenvalue weighted by Gasteiger charge is 2.37. The molecule has 1 aromatic carbocycles. The molecule has 4 rings (SSSR count). The second-order valence-corrected chi connectivity index (χ2v) is 5.89. The molecule has 2 aromatic rings. The molecule has 0 amide bonds. The van der Waals surface area contributed by atoms with Crippen molar-refractivity contribution in [1.29, 1.82) is 0 Å². The van der Waals surface area contributed by atoms with Crippen molar-refractivity contribution in [3.63, 3.8) is 0 Å². The van der Waals surface area contributed by atoms with E-state index >= 15 is 0 Å². The third kappa shape index (κ3) is 1.10. The van der Waals surface area contributed by atoms with Crippen molar-refractivity contribution < 1.29 is 0 Å². The van der Waals surface area contributed by atoms with E-state index in [1.54, 1.807) is 0 Å². The zero-order chi connectivity index (χ0) is 11.6. The Morgan fingerprint density at radius 2 is 2.12 bits per heavy atom. The second-order valence-electron chi connectivity index (χ2n) is 4.86. The van der Waals surface area contributed by atoms with E-state index in [0.717, 1.165) is 6.42 Å². The SMILES string of the molecule is CC1=CN2c3sc4ccccc4c3CC2N1C. The molecule has 1 atom stereocenters. The van der Waals surface area contributed by atoms with E-state index in [1.165, 1.54) is 26.3 Å². The van der Waals surface area contributed by atoms with Crippen LogP contribution in [0.4, 0.5) is 5.00 Å². The van der Waals surface area contributed by atoms with E-state index in [9.17, 15) is 0 Å². The highest BCUT2D eigenvalue weighted by atomic mass is 32.1. The van der Waals surface area contributed by atoms with Crippen LogP contribution in [0, 0.1) is 0 Å². The average Bonchev–Trinajstić information content (AvgIpc) is 2.93. The zero-order valence-corrected chi connectivity index (χ0v) is 10.8. The summed E-state index contributed by atoms with van der Waals surface area (Å²) >= 11 is 1.92. The number of allylic oxidation sites excluding steroid dienone is 1. The summed E-state index contributed by atoms with van der Waals surface area (Å²) in [6, 6.07) is 8.75. The number of thiophene rings is 1. The number of fused-ring (bicyclic) bond motifs is 5. The van der Waals surface area contributed by atoms with Crippen LogP contribution in [-0.2, 0) is 6.42 Å². The van der Waals surface area contributed by atoms with Gasteiger partial charge in [0.25, 0.3) is 0 Å². The molecule has 1 aromatic heterocycles. The maximum atomic E-state index is 2.44. The summed E-state index contributed by atoms with van der Waals surface area (Å²) in [5.41, 5.74) is 2.89. The summed E-state index contributed by atoms with van der Waals surface area (Å²) in [4.78, 5) is 4.82. The first kappa shape index (κ1) is 9.54. The highest BCUT2D eigenvalue weighted by Crippen LogP contribution is 2.47. The first-order valence-electron chi connectivity index (χ1n) is 5.96. The number of hydrogen-bond donors (Lipinski definition) is 0. The number of rotatable bonds is 0. The fourth-order valence-electron chi connectivity index (χ4n) is 2.90.